The summed E-state index contributed by atoms with van der Waals surface area (Å²) >= 11 is 0. The van der Waals surface area contributed by atoms with Crippen LogP contribution in [0.1, 0.15) is 35.1 Å². The highest BCUT2D eigenvalue weighted by molar-refractivity contribution is 5.44. The molecule has 0 saturated heterocycles. The van der Waals surface area contributed by atoms with E-state index in [1.165, 1.54) is 16.7 Å². The molecule has 0 amide bonds. The fourth-order valence-electron chi connectivity index (χ4n) is 3.39. The van der Waals surface area contributed by atoms with Gasteiger partial charge < -0.3 is 14.6 Å². The fourth-order valence-corrected chi connectivity index (χ4v) is 3.39. The molecule has 2 aromatic carbocycles. The maximum atomic E-state index is 10.5. The molecule has 144 valence electrons. The summed E-state index contributed by atoms with van der Waals surface area (Å²) in [4.78, 5) is 2.30. The Morgan fingerprint density at radius 3 is 2.74 bits per heavy atom. The highest BCUT2D eigenvalue weighted by Gasteiger charge is 2.17. The third-order valence-corrected chi connectivity index (χ3v) is 4.91. The van der Waals surface area contributed by atoms with Crippen LogP contribution in [-0.2, 0) is 13.1 Å². The zero-order valence-electron chi connectivity index (χ0n) is 16.3. The van der Waals surface area contributed by atoms with Crippen molar-refractivity contribution in [2.24, 2.45) is 0 Å². The molecule has 0 bridgehead atoms. The zero-order chi connectivity index (χ0) is 19.2. The second-order valence-corrected chi connectivity index (χ2v) is 7.31. The predicted molar refractivity (Wildman–Crippen MR) is 108 cm³/mol. The standard InChI is InChI=1S/C23H29NO3/c1-4-5-6-21(25)15-24(14-20-11-17(2)7-8-18(20)3)13-19-9-10-22-23(12-19)27-16-26-22/h4,7-12,21,25H,1,5-6,13-16H2,2-3H3/t21-/m0/s1. The summed E-state index contributed by atoms with van der Waals surface area (Å²) in [6.45, 7) is 10.5. The van der Waals surface area contributed by atoms with E-state index in [9.17, 15) is 5.11 Å². The van der Waals surface area contributed by atoms with Crippen molar-refractivity contribution in [1.29, 1.82) is 0 Å². The second-order valence-electron chi connectivity index (χ2n) is 7.31. The molecule has 4 heteroatoms. The number of allylic oxidation sites excluding steroid dienone is 1. The lowest BCUT2D eigenvalue weighted by Crippen LogP contribution is -2.32. The van der Waals surface area contributed by atoms with Gasteiger partial charge in [0.2, 0.25) is 6.79 Å². The van der Waals surface area contributed by atoms with E-state index in [2.05, 4.69) is 49.6 Å². The maximum Gasteiger partial charge on any atom is 0.231 e. The number of ether oxygens (including phenoxy) is 2. The van der Waals surface area contributed by atoms with Gasteiger partial charge in [0.15, 0.2) is 11.5 Å². The third-order valence-electron chi connectivity index (χ3n) is 4.91. The van der Waals surface area contributed by atoms with Gasteiger partial charge >= 0.3 is 0 Å². The number of rotatable bonds is 9. The lowest BCUT2D eigenvalue weighted by Gasteiger charge is -2.26. The molecule has 0 aliphatic carbocycles. The van der Waals surface area contributed by atoms with E-state index in [0.717, 1.165) is 43.0 Å². The van der Waals surface area contributed by atoms with Crippen molar-refractivity contribution < 1.29 is 14.6 Å². The van der Waals surface area contributed by atoms with Crippen molar-refractivity contribution in [2.75, 3.05) is 13.3 Å². The average Bonchev–Trinajstić information content (AvgIpc) is 3.10. The molecule has 1 N–H and O–H groups in total. The van der Waals surface area contributed by atoms with Gasteiger partial charge in [-0.2, -0.15) is 0 Å². The molecule has 1 atom stereocenters. The summed E-state index contributed by atoms with van der Waals surface area (Å²) in [6, 6.07) is 12.6. The van der Waals surface area contributed by atoms with Crippen LogP contribution in [0.4, 0.5) is 0 Å². The van der Waals surface area contributed by atoms with Gasteiger partial charge in [-0.05, 0) is 55.5 Å². The summed E-state index contributed by atoms with van der Waals surface area (Å²) in [7, 11) is 0. The Bertz CT molecular complexity index is 787. The largest absolute Gasteiger partial charge is 0.454 e. The molecule has 0 aromatic heterocycles. The minimum atomic E-state index is -0.373. The van der Waals surface area contributed by atoms with Crippen LogP contribution in [0.15, 0.2) is 49.1 Å². The molecule has 0 fully saturated rings. The Morgan fingerprint density at radius 2 is 1.93 bits per heavy atom. The lowest BCUT2D eigenvalue weighted by atomic mass is 10.0. The molecule has 1 aliphatic heterocycles. The molecule has 1 heterocycles. The number of fused-ring (bicyclic) bond motifs is 1. The number of aliphatic hydroxyl groups excluding tert-OH is 1. The van der Waals surface area contributed by atoms with Crippen LogP contribution in [0.5, 0.6) is 11.5 Å². The fraction of sp³-hybridized carbons (Fsp3) is 0.391. The van der Waals surface area contributed by atoms with Crippen molar-refractivity contribution in [2.45, 2.75) is 45.9 Å². The van der Waals surface area contributed by atoms with Gasteiger partial charge in [-0.3, -0.25) is 4.90 Å². The lowest BCUT2D eigenvalue weighted by molar-refractivity contribution is 0.0982. The van der Waals surface area contributed by atoms with Crippen molar-refractivity contribution in [3.8, 4) is 11.5 Å². The van der Waals surface area contributed by atoms with Crippen molar-refractivity contribution in [3.05, 3.63) is 71.3 Å². The summed E-state index contributed by atoms with van der Waals surface area (Å²) in [5.74, 6) is 1.59. The van der Waals surface area contributed by atoms with Crippen LogP contribution in [-0.4, -0.2) is 29.4 Å². The molecule has 4 nitrogen and oxygen atoms in total. The number of hydrogen-bond donors (Lipinski definition) is 1. The monoisotopic (exact) mass is 367 g/mol. The van der Waals surface area contributed by atoms with E-state index in [1.54, 1.807) is 0 Å². The van der Waals surface area contributed by atoms with Crippen LogP contribution in [0, 0.1) is 13.8 Å². The Balaban J connectivity index is 1.76. The first-order valence-corrected chi connectivity index (χ1v) is 9.51. The van der Waals surface area contributed by atoms with Crippen LogP contribution < -0.4 is 9.47 Å². The number of benzene rings is 2. The van der Waals surface area contributed by atoms with Gasteiger partial charge in [0.05, 0.1) is 6.10 Å². The van der Waals surface area contributed by atoms with E-state index in [0.29, 0.717) is 6.54 Å². The summed E-state index contributed by atoms with van der Waals surface area (Å²) in [5, 5.41) is 10.5. The molecule has 27 heavy (non-hydrogen) atoms. The topological polar surface area (TPSA) is 41.9 Å². The summed E-state index contributed by atoms with van der Waals surface area (Å²) in [6.07, 6.45) is 3.04. The van der Waals surface area contributed by atoms with Gasteiger partial charge in [0.1, 0.15) is 0 Å². The van der Waals surface area contributed by atoms with E-state index in [4.69, 9.17) is 9.47 Å². The summed E-state index contributed by atoms with van der Waals surface area (Å²) in [5.41, 5.74) is 4.98. The average molecular weight is 367 g/mol. The van der Waals surface area contributed by atoms with E-state index < -0.39 is 0 Å². The number of nitrogens with zero attached hydrogens (tertiary/aromatic N) is 1. The Kier molecular flexibility index (Phi) is 6.54. The van der Waals surface area contributed by atoms with Gasteiger partial charge in [-0.1, -0.05) is 35.9 Å². The molecular formula is C23H29NO3. The van der Waals surface area contributed by atoms with Crippen molar-refractivity contribution >= 4 is 0 Å². The van der Waals surface area contributed by atoms with Gasteiger partial charge in [-0.15, -0.1) is 6.58 Å². The van der Waals surface area contributed by atoms with Crippen molar-refractivity contribution in [1.82, 2.24) is 4.90 Å². The SMILES string of the molecule is C=CCC[C@H](O)CN(Cc1ccc2c(c1)OCO2)Cc1cc(C)ccc1C. The zero-order valence-corrected chi connectivity index (χ0v) is 16.3. The van der Waals surface area contributed by atoms with Crippen LogP contribution in [0.3, 0.4) is 0 Å². The van der Waals surface area contributed by atoms with Crippen molar-refractivity contribution in [3.63, 3.8) is 0 Å². The third kappa shape index (κ3) is 5.34. The first-order chi connectivity index (χ1) is 13.0. The first-order valence-electron chi connectivity index (χ1n) is 9.51. The predicted octanol–water partition coefficient (Wildman–Crippen LogP) is 4.36. The number of aliphatic hydroxyl groups is 1. The Hall–Kier alpha value is -2.30. The molecule has 0 unspecified atom stereocenters. The van der Waals surface area contributed by atoms with Gasteiger partial charge in [-0.25, -0.2) is 0 Å². The van der Waals surface area contributed by atoms with E-state index in [1.807, 2.05) is 18.2 Å². The molecule has 3 rings (SSSR count). The highest BCUT2D eigenvalue weighted by atomic mass is 16.7. The molecule has 2 aromatic rings. The first kappa shape index (κ1) is 19.5. The molecule has 1 aliphatic rings. The number of hydrogen-bond acceptors (Lipinski definition) is 4. The van der Waals surface area contributed by atoms with Crippen LogP contribution in [0.2, 0.25) is 0 Å². The van der Waals surface area contributed by atoms with Crippen LogP contribution >= 0.6 is 0 Å². The highest BCUT2D eigenvalue weighted by Crippen LogP contribution is 2.33. The van der Waals surface area contributed by atoms with Gasteiger partial charge in [0.25, 0.3) is 0 Å². The Labute approximate surface area is 162 Å². The molecule has 0 spiro atoms. The molecular weight excluding hydrogens is 338 g/mol. The van der Waals surface area contributed by atoms with E-state index in [-0.39, 0.29) is 12.9 Å². The quantitative estimate of drug-likeness (QED) is 0.669. The maximum absolute atomic E-state index is 10.5. The smallest absolute Gasteiger partial charge is 0.231 e. The minimum absolute atomic E-state index is 0.283. The molecule has 0 radical (unpaired) electrons. The minimum Gasteiger partial charge on any atom is -0.454 e. The number of aryl methyl sites for hydroxylation is 2. The second kappa shape index (κ2) is 9.07. The van der Waals surface area contributed by atoms with Gasteiger partial charge in [0, 0.05) is 19.6 Å². The Morgan fingerprint density at radius 1 is 1.11 bits per heavy atom. The van der Waals surface area contributed by atoms with Crippen LogP contribution in [0.25, 0.3) is 0 Å². The normalized spacial score (nSPS) is 13.8. The summed E-state index contributed by atoms with van der Waals surface area (Å²) < 4.78 is 10.9. The molecule has 0 saturated carbocycles. The van der Waals surface area contributed by atoms with E-state index >= 15 is 0 Å².